The minimum atomic E-state index is 1.05. The number of unbranched alkanes of at least 4 members (excludes halogenated alkanes) is 3. The van der Waals surface area contributed by atoms with Gasteiger partial charge in [0.15, 0.2) is 0 Å². The first-order chi connectivity index (χ1) is 8.90. The predicted octanol–water partition coefficient (Wildman–Crippen LogP) is 5.00. The molecule has 0 bridgehead atoms. The average Bonchev–Trinajstić information content (AvgIpc) is 2.42. The topological polar surface area (TPSA) is 12.0 Å². The van der Waals surface area contributed by atoms with Crippen molar-refractivity contribution in [3.8, 4) is 0 Å². The van der Waals surface area contributed by atoms with E-state index in [1.54, 1.807) is 0 Å². The van der Waals surface area contributed by atoms with Crippen LogP contribution in [0, 0.1) is 0 Å². The Labute approximate surface area is 110 Å². The van der Waals surface area contributed by atoms with Gasteiger partial charge in [-0.3, -0.25) is 0 Å². The molecule has 1 heteroatoms. The highest BCUT2D eigenvalue weighted by molar-refractivity contribution is 5.85. The van der Waals surface area contributed by atoms with E-state index in [2.05, 4.69) is 54.4 Å². The molecule has 0 saturated heterocycles. The van der Waals surface area contributed by atoms with E-state index in [0.717, 1.165) is 13.0 Å². The number of fused-ring (bicyclic) bond motifs is 1. The Morgan fingerprint density at radius 3 is 2.61 bits per heavy atom. The fourth-order valence-corrected chi connectivity index (χ4v) is 2.12. The van der Waals surface area contributed by atoms with Crippen LogP contribution in [0.5, 0.6) is 0 Å². The third kappa shape index (κ3) is 3.63. The molecule has 0 fully saturated rings. The van der Waals surface area contributed by atoms with E-state index in [-0.39, 0.29) is 0 Å². The molecule has 0 saturated carbocycles. The van der Waals surface area contributed by atoms with Crippen molar-refractivity contribution >= 4 is 16.5 Å². The molecule has 94 valence electrons. The monoisotopic (exact) mass is 239 g/mol. The van der Waals surface area contributed by atoms with E-state index in [1.165, 1.54) is 35.7 Å². The maximum absolute atomic E-state index is 3.74. The molecule has 2 aromatic rings. The number of allylic oxidation sites excluding steroid dienone is 1. The van der Waals surface area contributed by atoms with Gasteiger partial charge in [0.1, 0.15) is 0 Å². The smallest absolute Gasteiger partial charge is 0.0346 e. The fraction of sp³-hybridized carbons (Fsp3) is 0.294. The van der Waals surface area contributed by atoms with Crippen LogP contribution in [0.25, 0.3) is 10.8 Å². The third-order valence-corrected chi connectivity index (χ3v) is 3.16. The van der Waals surface area contributed by atoms with Crippen molar-refractivity contribution in [2.24, 2.45) is 0 Å². The standard InChI is InChI=1S/C17H21N/c1-2-3-4-5-8-13-18-17-12-11-15-9-6-7-10-16(15)14-17/h2,6-7,9-12,14,18H,1,3-5,8,13H2. The molecule has 18 heavy (non-hydrogen) atoms. The molecular formula is C17H21N. The molecule has 2 aromatic carbocycles. The SMILES string of the molecule is C=CCCCCCNc1ccc2ccccc2c1. The van der Waals surface area contributed by atoms with E-state index in [4.69, 9.17) is 0 Å². The maximum atomic E-state index is 3.74. The highest BCUT2D eigenvalue weighted by Gasteiger charge is 1.95. The van der Waals surface area contributed by atoms with Crippen molar-refractivity contribution < 1.29 is 0 Å². The van der Waals surface area contributed by atoms with Crippen LogP contribution in [0.4, 0.5) is 5.69 Å². The lowest BCUT2D eigenvalue weighted by atomic mass is 10.1. The summed E-state index contributed by atoms with van der Waals surface area (Å²) < 4.78 is 0. The first kappa shape index (κ1) is 12.7. The first-order valence-corrected chi connectivity index (χ1v) is 6.74. The van der Waals surface area contributed by atoms with Crippen LogP contribution in [0.1, 0.15) is 25.7 Å². The summed E-state index contributed by atoms with van der Waals surface area (Å²) in [5.41, 5.74) is 1.22. The second kappa shape index (κ2) is 6.85. The Hall–Kier alpha value is -1.76. The zero-order chi connectivity index (χ0) is 12.6. The van der Waals surface area contributed by atoms with Gasteiger partial charge in [-0.05, 0) is 42.2 Å². The number of hydrogen-bond donors (Lipinski definition) is 1. The quantitative estimate of drug-likeness (QED) is 0.529. The molecule has 0 aliphatic rings. The highest BCUT2D eigenvalue weighted by Crippen LogP contribution is 2.18. The summed E-state index contributed by atoms with van der Waals surface area (Å²) in [4.78, 5) is 0. The molecule has 0 heterocycles. The Balaban J connectivity index is 1.82. The lowest BCUT2D eigenvalue weighted by molar-refractivity contribution is 0.709. The van der Waals surface area contributed by atoms with Gasteiger partial charge >= 0.3 is 0 Å². The van der Waals surface area contributed by atoms with Crippen LogP contribution in [0.3, 0.4) is 0 Å². The number of nitrogens with one attached hydrogen (secondary N) is 1. The van der Waals surface area contributed by atoms with Crippen LogP contribution < -0.4 is 5.32 Å². The van der Waals surface area contributed by atoms with Gasteiger partial charge in [0, 0.05) is 12.2 Å². The van der Waals surface area contributed by atoms with Gasteiger partial charge in [0.05, 0.1) is 0 Å². The van der Waals surface area contributed by atoms with Crippen LogP contribution in [0.2, 0.25) is 0 Å². The Kier molecular flexibility index (Phi) is 4.83. The normalized spacial score (nSPS) is 10.4. The minimum absolute atomic E-state index is 1.05. The van der Waals surface area contributed by atoms with E-state index in [1.807, 2.05) is 6.08 Å². The van der Waals surface area contributed by atoms with Crippen LogP contribution in [-0.2, 0) is 0 Å². The summed E-state index contributed by atoms with van der Waals surface area (Å²) in [6.07, 6.45) is 6.88. The van der Waals surface area contributed by atoms with Gasteiger partial charge in [-0.15, -0.1) is 6.58 Å². The molecule has 0 radical (unpaired) electrons. The second-order valence-corrected chi connectivity index (χ2v) is 4.63. The van der Waals surface area contributed by atoms with Gasteiger partial charge in [-0.1, -0.05) is 42.8 Å². The molecule has 0 aliphatic carbocycles. The molecular weight excluding hydrogens is 218 g/mol. The predicted molar refractivity (Wildman–Crippen MR) is 81.1 cm³/mol. The minimum Gasteiger partial charge on any atom is -0.385 e. The van der Waals surface area contributed by atoms with E-state index < -0.39 is 0 Å². The average molecular weight is 239 g/mol. The van der Waals surface area contributed by atoms with Crippen molar-refractivity contribution in [3.05, 3.63) is 55.1 Å². The Bertz CT molecular complexity index is 502. The van der Waals surface area contributed by atoms with Crippen molar-refractivity contribution in [1.82, 2.24) is 0 Å². The number of benzene rings is 2. The Morgan fingerprint density at radius 2 is 1.78 bits per heavy atom. The van der Waals surface area contributed by atoms with Gasteiger partial charge in [0.2, 0.25) is 0 Å². The van der Waals surface area contributed by atoms with Gasteiger partial charge in [-0.25, -0.2) is 0 Å². The summed E-state index contributed by atoms with van der Waals surface area (Å²) in [7, 11) is 0. The molecule has 0 atom stereocenters. The lowest BCUT2D eigenvalue weighted by Gasteiger charge is -2.07. The van der Waals surface area contributed by atoms with Crippen molar-refractivity contribution in [1.29, 1.82) is 0 Å². The molecule has 2 rings (SSSR count). The van der Waals surface area contributed by atoms with Crippen molar-refractivity contribution in [2.45, 2.75) is 25.7 Å². The summed E-state index contributed by atoms with van der Waals surface area (Å²) in [6, 6.07) is 15.0. The third-order valence-electron chi connectivity index (χ3n) is 3.16. The molecule has 0 unspecified atom stereocenters. The number of anilines is 1. The van der Waals surface area contributed by atoms with Gasteiger partial charge in [0.25, 0.3) is 0 Å². The molecule has 1 nitrogen and oxygen atoms in total. The van der Waals surface area contributed by atoms with Crippen molar-refractivity contribution in [3.63, 3.8) is 0 Å². The summed E-state index contributed by atoms with van der Waals surface area (Å²) in [6.45, 7) is 4.79. The highest BCUT2D eigenvalue weighted by atomic mass is 14.9. The summed E-state index contributed by atoms with van der Waals surface area (Å²) >= 11 is 0. The fourth-order valence-electron chi connectivity index (χ4n) is 2.12. The summed E-state index contributed by atoms with van der Waals surface area (Å²) in [5, 5.41) is 6.09. The van der Waals surface area contributed by atoms with Crippen LogP contribution >= 0.6 is 0 Å². The largest absolute Gasteiger partial charge is 0.385 e. The van der Waals surface area contributed by atoms with Gasteiger partial charge < -0.3 is 5.32 Å². The molecule has 1 N–H and O–H groups in total. The molecule has 0 amide bonds. The molecule has 0 aromatic heterocycles. The number of rotatable bonds is 7. The Morgan fingerprint density at radius 1 is 0.944 bits per heavy atom. The summed E-state index contributed by atoms with van der Waals surface area (Å²) in [5.74, 6) is 0. The first-order valence-electron chi connectivity index (χ1n) is 6.74. The molecule has 0 spiro atoms. The maximum Gasteiger partial charge on any atom is 0.0346 e. The zero-order valence-corrected chi connectivity index (χ0v) is 10.9. The van der Waals surface area contributed by atoms with Gasteiger partial charge in [-0.2, -0.15) is 0 Å². The van der Waals surface area contributed by atoms with Crippen LogP contribution in [0.15, 0.2) is 55.1 Å². The van der Waals surface area contributed by atoms with E-state index in [9.17, 15) is 0 Å². The zero-order valence-electron chi connectivity index (χ0n) is 10.9. The number of hydrogen-bond acceptors (Lipinski definition) is 1. The lowest BCUT2D eigenvalue weighted by Crippen LogP contribution is -2.00. The van der Waals surface area contributed by atoms with E-state index in [0.29, 0.717) is 0 Å². The van der Waals surface area contributed by atoms with E-state index >= 15 is 0 Å². The molecule has 0 aliphatic heterocycles. The van der Waals surface area contributed by atoms with Crippen molar-refractivity contribution in [2.75, 3.05) is 11.9 Å². The second-order valence-electron chi connectivity index (χ2n) is 4.63. The van der Waals surface area contributed by atoms with Crippen LogP contribution in [-0.4, -0.2) is 6.54 Å².